The van der Waals surface area contributed by atoms with Crippen LogP contribution < -0.4 is 17.1 Å². The Morgan fingerprint density at radius 2 is 1.84 bits per heavy atom. The number of hydrogen-bond acceptors (Lipinski definition) is 9. The molecule has 0 spiro atoms. The van der Waals surface area contributed by atoms with Crippen LogP contribution in [0.1, 0.15) is 35.3 Å². The number of amides is 1. The summed E-state index contributed by atoms with van der Waals surface area (Å²) in [5.74, 6) is 0.466. The van der Waals surface area contributed by atoms with Crippen molar-refractivity contribution in [2.45, 2.75) is 24.8 Å². The van der Waals surface area contributed by atoms with E-state index in [2.05, 4.69) is 19.9 Å². The summed E-state index contributed by atoms with van der Waals surface area (Å²) in [6.07, 6.45) is 0.295. The van der Waals surface area contributed by atoms with Crippen molar-refractivity contribution in [1.29, 1.82) is 0 Å². The first-order valence-corrected chi connectivity index (χ1v) is 9.17. The molecule has 7 N–H and O–H groups in total. The van der Waals surface area contributed by atoms with Crippen LogP contribution in [-0.2, 0) is 9.59 Å². The quantitative estimate of drug-likeness (QED) is 0.182. The second-order valence-corrected chi connectivity index (χ2v) is 7.06. The summed E-state index contributed by atoms with van der Waals surface area (Å²) in [6.45, 7) is 1.10. The molecule has 0 aliphatic carbocycles. The number of carboxylic acids is 2. The van der Waals surface area contributed by atoms with Crippen LogP contribution >= 0.6 is 0 Å². The number of rotatable bonds is 7. The van der Waals surface area contributed by atoms with Gasteiger partial charge in [-0.25, -0.2) is 20.6 Å². The topological polar surface area (TPSA) is 218 Å². The Kier molecular flexibility index (Phi) is 5.85. The van der Waals surface area contributed by atoms with Crippen molar-refractivity contribution in [3.05, 3.63) is 58.1 Å². The molecule has 0 saturated heterocycles. The summed E-state index contributed by atoms with van der Waals surface area (Å²) in [5.41, 5.74) is 1.96. The molecular weight excluding hydrogens is 422 g/mol. The number of aromatic amines is 1. The van der Waals surface area contributed by atoms with Crippen LogP contribution in [0.3, 0.4) is 0 Å². The van der Waals surface area contributed by atoms with E-state index in [4.69, 9.17) is 11.6 Å². The largest absolute Gasteiger partial charge is 0.481 e. The zero-order valence-corrected chi connectivity index (χ0v) is 16.7. The molecule has 13 heteroatoms. The maximum absolute atomic E-state index is 12.9. The Hall–Kier alpha value is -4.39. The lowest BCUT2D eigenvalue weighted by molar-refractivity contribution is -0.152. The first kappa shape index (κ1) is 22.3. The van der Waals surface area contributed by atoms with Crippen molar-refractivity contribution in [2.24, 2.45) is 5.84 Å². The first-order valence-electron chi connectivity index (χ1n) is 9.17. The molecule has 1 unspecified atom stereocenters. The number of nitrogens with one attached hydrogen (secondary N) is 1. The Labute approximate surface area is 179 Å². The van der Waals surface area contributed by atoms with Gasteiger partial charge in [0.2, 0.25) is 5.95 Å². The number of H-pyrrole nitrogens is 1. The summed E-state index contributed by atoms with van der Waals surface area (Å²) in [6, 6.07) is 7.65. The minimum atomic E-state index is -2.28. The lowest BCUT2D eigenvalue weighted by Gasteiger charge is -2.39. The van der Waals surface area contributed by atoms with Crippen LogP contribution in [0.15, 0.2) is 41.3 Å². The van der Waals surface area contributed by atoms with Gasteiger partial charge >= 0.3 is 11.9 Å². The van der Waals surface area contributed by atoms with E-state index in [-0.39, 0.29) is 28.4 Å². The van der Waals surface area contributed by atoms with Crippen LogP contribution in [0.4, 0.5) is 5.95 Å². The zero-order chi connectivity index (χ0) is 23.6. The summed E-state index contributed by atoms with van der Waals surface area (Å²) in [4.78, 5) is 63.2. The Balaban J connectivity index is 2.17. The lowest BCUT2D eigenvalue weighted by atomic mass is 9.80. The molecule has 0 aliphatic heterocycles. The average molecular weight is 441 g/mol. The molecule has 0 fully saturated rings. The van der Waals surface area contributed by atoms with E-state index in [1.165, 1.54) is 12.1 Å². The number of hydrazine groups is 1. The number of aliphatic carboxylic acids is 2. The third-order valence-electron chi connectivity index (χ3n) is 5.04. The van der Waals surface area contributed by atoms with E-state index in [1.807, 2.05) is 0 Å². The summed E-state index contributed by atoms with van der Waals surface area (Å²) in [5, 5.41) is 19.9. The highest BCUT2D eigenvalue weighted by molar-refractivity contribution is 5.98. The van der Waals surface area contributed by atoms with Crippen molar-refractivity contribution in [3.8, 4) is 0 Å². The Bertz CT molecular complexity index is 1260. The highest BCUT2D eigenvalue weighted by Gasteiger charge is 2.50. The fraction of sp³-hybridized carbons (Fsp3) is 0.211. The molecule has 2 atom stereocenters. The highest BCUT2D eigenvalue weighted by Crippen LogP contribution is 2.35. The summed E-state index contributed by atoms with van der Waals surface area (Å²) in [7, 11) is 0. The fourth-order valence-corrected chi connectivity index (χ4v) is 3.23. The average Bonchev–Trinajstić information content (AvgIpc) is 2.76. The van der Waals surface area contributed by atoms with Gasteiger partial charge in [0.1, 0.15) is 0 Å². The van der Waals surface area contributed by atoms with Crippen molar-refractivity contribution in [1.82, 2.24) is 24.9 Å². The predicted octanol–water partition coefficient (Wildman–Crippen LogP) is -0.287. The van der Waals surface area contributed by atoms with Gasteiger partial charge in [0.15, 0.2) is 16.7 Å². The van der Waals surface area contributed by atoms with E-state index in [9.17, 15) is 29.4 Å². The third kappa shape index (κ3) is 3.96. The SMILES string of the molecule is C[C@@](C(=O)O)(C(CC(=O)O)c1cnc2nc(N)[nH]c(=O)c2n1)N(N)C(=O)c1ccccc1. The van der Waals surface area contributed by atoms with Crippen LogP contribution in [0.5, 0.6) is 0 Å². The van der Waals surface area contributed by atoms with Gasteiger partial charge in [0.25, 0.3) is 11.5 Å². The number of aromatic nitrogens is 4. The van der Waals surface area contributed by atoms with Gasteiger partial charge in [-0.05, 0) is 19.1 Å². The Morgan fingerprint density at radius 1 is 1.19 bits per heavy atom. The van der Waals surface area contributed by atoms with E-state index in [0.717, 1.165) is 13.1 Å². The monoisotopic (exact) mass is 441 g/mol. The second-order valence-electron chi connectivity index (χ2n) is 7.06. The number of carbonyl (C=O) groups excluding carboxylic acids is 1. The number of nitrogens with zero attached hydrogens (tertiary/aromatic N) is 4. The van der Waals surface area contributed by atoms with E-state index in [0.29, 0.717) is 5.01 Å². The lowest BCUT2D eigenvalue weighted by Crippen LogP contribution is -2.62. The van der Waals surface area contributed by atoms with Crippen LogP contribution in [-0.4, -0.2) is 58.5 Å². The number of carboxylic acid groups (broad SMARTS) is 2. The molecule has 1 amide bonds. The van der Waals surface area contributed by atoms with Crippen molar-refractivity contribution >= 4 is 35.0 Å². The number of carbonyl (C=O) groups is 3. The molecule has 0 saturated carbocycles. The molecule has 3 aromatic rings. The molecule has 1 aromatic carbocycles. The van der Waals surface area contributed by atoms with Crippen LogP contribution in [0, 0.1) is 0 Å². The zero-order valence-electron chi connectivity index (χ0n) is 16.7. The number of nitrogen functional groups attached to an aromatic ring is 1. The van der Waals surface area contributed by atoms with E-state index >= 15 is 0 Å². The summed E-state index contributed by atoms with van der Waals surface area (Å²) < 4.78 is 0. The molecule has 0 bridgehead atoms. The minimum Gasteiger partial charge on any atom is -0.481 e. The highest BCUT2D eigenvalue weighted by atomic mass is 16.4. The molecule has 32 heavy (non-hydrogen) atoms. The molecular formula is C19H19N7O6. The molecule has 2 heterocycles. The standard InChI is InChI=1S/C19H19N7O6/c1-19(17(31)32,26(21)16(30)9-5-3-2-4-6-9)10(7-12(27)28)11-8-22-14-13(23-11)15(29)25-18(20)24-14/h2-6,8,10H,7,21H2,1H3,(H,27,28)(H,31,32)(H3,20,22,24,25,29)/t10?,19-/m0/s1. The van der Waals surface area contributed by atoms with Gasteiger partial charge in [-0.1, -0.05) is 18.2 Å². The fourth-order valence-electron chi connectivity index (χ4n) is 3.23. The smallest absolute Gasteiger partial charge is 0.331 e. The van der Waals surface area contributed by atoms with Crippen molar-refractivity contribution in [2.75, 3.05) is 5.73 Å². The first-order chi connectivity index (χ1) is 15.1. The normalized spacial score (nSPS) is 13.8. The molecule has 13 nitrogen and oxygen atoms in total. The number of benzene rings is 1. The summed E-state index contributed by atoms with van der Waals surface area (Å²) >= 11 is 0. The van der Waals surface area contributed by atoms with Gasteiger partial charge in [0.05, 0.1) is 18.3 Å². The number of nitrogens with two attached hydrogens (primary N) is 2. The van der Waals surface area contributed by atoms with Gasteiger partial charge in [-0.2, -0.15) is 4.98 Å². The molecule has 0 aliphatic rings. The number of anilines is 1. The van der Waals surface area contributed by atoms with Crippen molar-refractivity contribution < 1.29 is 24.6 Å². The van der Waals surface area contributed by atoms with Gasteiger partial charge < -0.3 is 15.9 Å². The van der Waals surface area contributed by atoms with Gasteiger partial charge in [0, 0.05) is 11.5 Å². The van der Waals surface area contributed by atoms with E-state index in [1.54, 1.807) is 18.2 Å². The van der Waals surface area contributed by atoms with Crippen LogP contribution in [0.2, 0.25) is 0 Å². The van der Waals surface area contributed by atoms with Crippen LogP contribution in [0.25, 0.3) is 11.2 Å². The number of hydrogen-bond donors (Lipinski definition) is 5. The maximum Gasteiger partial charge on any atom is 0.331 e. The van der Waals surface area contributed by atoms with E-state index < -0.39 is 41.3 Å². The molecule has 166 valence electrons. The molecule has 2 aromatic heterocycles. The minimum absolute atomic E-state index is 0.0947. The van der Waals surface area contributed by atoms with Gasteiger partial charge in [-0.15, -0.1) is 0 Å². The van der Waals surface area contributed by atoms with Crippen molar-refractivity contribution in [3.63, 3.8) is 0 Å². The third-order valence-corrected chi connectivity index (χ3v) is 5.04. The maximum atomic E-state index is 12.9. The molecule has 3 rings (SSSR count). The predicted molar refractivity (Wildman–Crippen MR) is 110 cm³/mol. The van der Waals surface area contributed by atoms with Gasteiger partial charge in [-0.3, -0.25) is 24.4 Å². The number of fused-ring (bicyclic) bond motifs is 1. The Morgan fingerprint density at radius 3 is 2.44 bits per heavy atom. The second kappa shape index (κ2) is 8.39. The molecule has 0 radical (unpaired) electrons.